The van der Waals surface area contributed by atoms with Gasteiger partial charge in [-0.25, -0.2) is 4.79 Å². The van der Waals surface area contributed by atoms with Gasteiger partial charge in [0.2, 0.25) is 0 Å². The lowest BCUT2D eigenvalue weighted by Crippen LogP contribution is -2.37. The average molecular weight is 278 g/mol. The van der Waals surface area contributed by atoms with Gasteiger partial charge in [0.05, 0.1) is 5.03 Å². The van der Waals surface area contributed by atoms with Crippen LogP contribution >= 0.6 is 11.8 Å². The predicted octanol–water partition coefficient (Wildman–Crippen LogP) is 1.50. The summed E-state index contributed by atoms with van der Waals surface area (Å²) in [6.45, 7) is 2.08. The minimum atomic E-state index is -0.750. The van der Waals surface area contributed by atoms with Gasteiger partial charge in [0.15, 0.2) is 0 Å². The summed E-state index contributed by atoms with van der Waals surface area (Å²) in [7, 11) is 1.51. The first-order valence-corrected chi connectivity index (χ1v) is 6.63. The van der Waals surface area contributed by atoms with E-state index in [1.165, 1.54) is 35.0 Å². The molecule has 1 aromatic carbocycles. The predicted molar refractivity (Wildman–Crippen MR) is 73.1 cm³/mol. The molecule has 100 valence electrons. The maximum absolute atomic E-state index is 11.6. The fourth-order valence-corrected chi connectivity index (χ4v) is 2.49. The Morgan fingerprint density at radius 2 is 1.84 bits per heavy atom. The molecule has 2 aromatic rings. The molecule has 0 aliphatic carbocycles. The van der Waals surface area contributed by atoms with Crippen LogP contribution in [0.3, 0.4) is 0 Å². The van der Waals surface area contributed by atoms with Gasteiger partial charge in [-0.15, -0.1) is 0 Å². The Labute approximate surface area is 114 Å². The van der Waals surface area contributed by atoms with Gasteiger partial charge in [0.1, 0.15) is 0 Å². The molecule has 5 nitrogen and oxygen atoms in total. The minimum Gasteiger partial charge on any atom is -0.421 e. The Kier molecular flexibility index (Phi) is 3.80. The summed E-state index contributed by atoms with van der Waals surface area (Å²) in [4.78, 5) is 23.9. The van der Waals surface area contributed by atoms with E-state index in [2.05, 4.69) is 6.92 Å². The molecule has 0 aliphatic rings. The normalized spacial score (nSPS) is 10.6. The Morgan fingerprint density at radius 3 is 2.42 bits per heavy atom. The van der Waals surface area contributed by atoms with Gasteiger partial charge in [-0.3, -0.25) is 9.36 Å². The highest BCUT2D eigenvalue weighted by molar-refractivity contribution is 7.99. The molecule has 6 heteroatoms. The largest absolute Gasteiger partial charge is 0.421 e. The molecule has 0 spiro atoms. The third kappa shape index (κ3) is 2.73. The number of nitrogens with zero attached hydrogens (tertiary/aromatic N) is 2. The number of aromatic nitrogens is 2. The first-order chi connectivity index (χ1) is 9.02. The van der Waals surface area contributed by atoms with Crippen LogP contribution in [0.1, 0.15) is 12.5 Å². The summed E-state index contributed by atoms with van der Waals surface area (Å²) in [5.74, 6) is 0. The second-order valence-electron chi connectivity index (χ2n) is 4.07. The molecule has 0 amide bonds. The Morgan fingerprint density at radius 1 is 1.21 bits per heavy atom. The van der Waals surface area contributed by atoms with E-state index in [0.29, 0.717) is 5.03 Å². The van der Waals surface area contributed by atoms with Gasteiger partial charge < -0.3 is 5.21 Å². The molecular weight excluding hydrogens is 264 g/mol. The number of aryl methyl sites for hydroxylation is 1. The second kappa shape index (κ2) is 5.36. The highest BCUT2D eigenvalue weighted by Gasteiger charge is 2.08. The zero-order valence-electron chi connectivity index (χ0n) is 10.7. The SMILES string of the molecule is CCc1ccc(Sc2cc(=O)n(O)c(=O)n2C)cc1. The lowest BCUT2D eigenvalue weighted by Gasteiger charge is -2.08. The fraction of sp³-hybridized carbons (Fsp3) is 0.231. The maximum Gasteiger partial charge on any atom is 0.365 e. The number of rotatable bonds is 3. The van der Waals surface area contributed by atoms with Gasteiger partial charge in [-0.2, -0.15) is 0 Å². The molecule has 0 radical (unpaired) electrons. The van der Waals surface area contributed by atoms with Crippen molar-refractivity contribution in [1.29, 1.82) is 0 Å². The standard InChI is InChI=1S/C13H14N2O3S/c1-3-9-4-6-10(7-5-9)19-12-8-11(16)15(18)13(17)14(12)2/h4-8,18H,3H2,1-2H3. The van der Waals surface area contributed by atoms with Crippen LogP contribution in [0.4, 0.5) is 0 Å². The molecule has 1 heterocycles. The summed E-state index contributed by atoms with van der Waals surface area (Å²) in [5, 5.41) is 9.70. The van der Waals surface area contributed by atoms with Gasteiger partial charge in [-0.05, 0) is 24.1 Å². The van der Waals surface area contributed by atoms with Gasteiger partial charge >= 0.3 is 5.69 Å². The van der Waals surface area contributed by atoms with E-state index in [4.69, 9.17) is 0 Å². The molecule has 0 saturated carbocycles. The van der Waals surface area contributed by atoms with E-state index in [1.54, 1.807) is 0 Å². The maximum atomic E-state index is 11.6. The van der Waals surface area contributed by atoms with Crippen LogP contribution < -0.4 is 11.2 Å². The molecular formula is C13H14N2O3S. The number of hydrogen-bond acceptors (Lipinski definition) is 4. The summed E-state index contributed by atoms with van der Waals surface area (Å²) in [6.07, 6.45) is 0.962. The number of benzene rings is 1. The van der Waals surface area contributed by atoms with Crippen molar-refractivity contribution in [3.8, 4) is 0 Å². The summed E-state index contributed by atoms with van der Waals surface area (Å²) in [5.41, 5.74) is -0.250. The van der Waals surface area contributed by atoms with Gasteiger partial charge in [0, 0.05) is 18.0 Å². The van der Waals surface area contributed by atoms with E-state index < -0.39 is 11.2 Å². The summed E-state index contributed by atoms with van der Waals surface area (Å²) >= 11 is 1.31. The minimum absolute atomic E-state index is 0.101. The van der Waals surface area contributed by atoms with Crippen molar-refractivity contribution >= 4 is 11.8 Å². The average Bonchev–Trinajstić information content (AvgIpc) is 2.43. The molecule has 2 rings (SSSR count). The van der Waals surface area contributed by atoms with E-state index in [-0.39, 0.29) is 4.73 Å². The molecule has 0 atom stereocenters. The topological polar surface area (TPSA) is 64.2 Å². The van der Waals surface area contributed by atoms with Crippen molar-refractivity contribution < 1.29 is 5.21 Å². The molecule has 0 bridgehead atoms. The monoisotopic (exact) mass is 278 g/mol. The molecule has 0 aliphatic heterocycles. The van der Waals surface area contributed by atoms with Crippen LogP contribution in [0.5, 0.6) is 0 Å². The Balaban J connectivity index is 2.38. The summed E-state index contributed by atoms with van der Waals surface area (Å²) < 4.78 is 1.34. The highest BCUT2D eigenvalue weighted by atomic mass is 32.2. The molecule has 0 unspecified atom stereocenters. The van der Waals surface area contributed by atoms with E-state index >= 15 is 0 Å². The van der Waals surface area contributed by atoms with E-state index in [1.807, 2.05) is 24.3 Å². The molecule has 0 saturated heterocycles. The first kappa shape index (κ1) is 13.5. The van der Waals surface area contributed by atoms with Gasteiger partial charge in [0.25, 0.3) is 5.56 Å². The quantitative estimate of drug-likeness (QED) is 0.682. The van der Waals surface area contributed by atoms with Crippen molar-refractivity contribution in [3.63, 3.8) is 0 Å². The zero-order valence-corrected chi connectivity index (χ0v) is 11.5. The van der Waals surface area contributed by atoms with Crippen LogP contribution in [-0.4, -0.2) is 14.5 Å². The number of hydrogen-bond donors (Lipinski definition) is 1. The van der Waals surface area contributed by atoms with Crippen molar-refractivity contribution in [3.05, 3.63) is 56.7 Å². The Hall–Kier alpha value is -1.95. The van der Waals surface area contributed by atoms with Crippen LogP contribution in [-0.2, 0) is 13.5 Å². The zero-order chi connectivity index (χ0) is 14.0. The summed E-state index contributed by atoms with van der Waals surface area (Å²) in [6, 6.07) is 9.14. The van der Waals surface area contributed by atoms with Crippen molar-refractivity contribution in [2.45, 2.75) is 23.3 Å². The van der Waals surface area contributed by atoms with Crippen molar-refractivity contribution in [2.75, 3.05) is 0 Å². The lowest BCUT2D eigenvalue weighted by molar-refractivity contribution is 0.153. The van der Waals surface area contributed by atoms with Crippen molar-refractivity contribution in [2.24, 2.45) is 7.05 Å². The van der Waals surface area contributed by atoms with Crippen LogP contribution in [0.15, 0.2) is 49.8 Å². The van der Waals surface area contributed by atoms with Crippen LogP contribution in [0, 0.1) is 0 Å². The lowest BCUT2D eigenvalue weighted by atomic mass is 10.2. The van der Waals surface area contributed by atoms with Crippen molar-refractivity contribution in [1.82, 2.24) is 9.30 Å². The second-order valence-corrected chi connectivity index (χ2v) is 5.17. The Bertz CT molecular complexity index is 701. The molecule has 19 heavy (non-hydrogen) atoms. The van der Waals surface area contributed by atoms with Crippen LogP contribution in [0.2, 0.25) is 0 Å². The third-order valence-electron chi connectivity index (χ3n) is 2.81. The van der Waals surface area contributed by atoms with Crippen LogP contribution in [0.25, 0.3) is 0 Å². The van der Waals surface area contributed by atoms with E-state index in [0.717, 1.165) is 11.3 Å². The fourth-order valence-electron chi connectivity index (χ4n) is 1.61. The third-order valence-corrected chi connectivity index (χ3v) is 3.92. The molecule has 1 aromatic heterocycles. The molecule has 0 fully saturated rings. The van der Waals surface area contributed by atoms with E-state index in [9.17, 15) is 14.8 Å². The smallest absolute Gasteiger partial charge is 0.365 e. The highest BCUT2D eigenvalue weighted by Crippen LogP contribution is 2.25. The van der Waals surface area contributed by atoms with Gasteiger partial charge in [-0.1, -0.05) is 35.5 Å². The molecule has 1 N–H and O–H groups in total. The first-order valence-electron chi connectivity index (χ1n) is 5.82.